The van der Waals surface area contributed by atoms with Gasteiger partial charge < -0.3 is 10.2 Å². The predicted octanol–water partition coefficient (Wildman–Crippen LogP) is 4.16. The summed E-state index contributed by atoms with van der Waals surface area (Å²) in [5.74, 6) is 0.899. The lowest BCUT2D eigenvalue weighted by Gasteiger charge is -2.27. The minimum absolute atomic E-state index is 0.471. The lowest BCUT2D eigenvalue weighted by molar-refractivity contribution is 0.248. The van der Waals surface area contributed by atoms with E-state index in [4.69, 9.17) is 0 Å². The smallest absolute Gasteiger partial charge is 0.0449 e. The molecule has 0 spiro atoms. The van der Waals surface area contributed by atoms with Crippen molar-refractivity contribution in [2.24, 2.45) is 5.92 Å². The standard InChI is InChI=1S/C19H32N2/c1-4-12-20-19(18-9-7-17(3)8-10-18)15-21-13-5-6-16(2)11-14-21/h7-10,16,19-20H,4-6,11-15H2,1-3H3. The first-order chi connectivity index (χ1) is 10.2. The highest BCUT2D eigenvalue weighted by molar-refractivity contribution is 5.24. The molecule has 2 atom stereocenters. The third-order valence-corrected chi connectivity index (χ3v) is 4.67. The Morgan fingerprint density at radius 2 is 1.95 bits per heavy atom. The highest BCUT2D eigenvalue weighted by Gasteiger charge is 2.18. The average Bonchev–Trinajstić information content (AvgIpc) is 2.69. The molecule has 1 fully saturated rings. The van der Waals surface area contributed by atoms with Gasteiger partial charge in [0.25, 0.3) is 0 Å². The molecule has 2 heteroatoms. The highest BCUT2D eigenvalue weighted by Crippen LogP contribution is 2.20. The molecule has 1 aliphatic rings. The number of hydrogen-bond acceptors (Lipinski definition) is 2. The van der Waals surface area contributed by atoms with Gasteiger partial charge in [-0.25, -0.2) is 0 Å². The minimum atomic E-state index is 0.471. The first-order valence-electron chi connectivity index (χ1n) is 8.71. The summed E-state index contributed by atoms with van der Waals surface area (Å²) in [5.41, 5.74) is 2.78. The zero-order valence-electron chi connectivity index (χ0n) is 14.1. The van der Waals surface area contributed by atoms with Crippen molar-refractivity contribution in [3.05, 3.63) is 35.4 Å². The second kappa shape index (κ2) is 8.55. The maximum Gasteiger partial charge on any atom is 0.0449 e. The summed E-state index contributed by atoms with van der Waals surface area (Å²) >= 11 is 0. The highest BCUT2D eigenvalue weighted by atomic mass is 15.1. The van der Waals surface area contributed by atoms with Crippen LogP contribution in [0.2, 0.25) is 0 Å². The van der Waals surface area contributed by atoms with E-state index >= 15 is 0 Å². The Labute approximate surface area is 130 Å². The van der Waals surface area contributed by atoms with Crippen LogP contribution in [0.4, 0.5) is 0 Å². The molecule has 0 aromatic heterocycles. The van der Waals surface area contributed by atoms with Crippen LogP contribution < -0.4 is 5.32 Å². The van der Waals surface area contributed by atoms with Crippen LogP contribution in [0, 0.1) is 12.8 Å². The lowest BCUT2D eigenvalue weighted by atomic mass is 10.0. The summed E-state index contributed by atoms with van der Waals surface area (Å²) in [4.78, 5) is 2.66. The molecule has 0 saturated carbocycles. The maximum absolute atomic E-state index is 3.74. The predicted molar refractivity (Wildman–Crippen MR) is 91.7 cm³/mol. The van der Waals surface area contributed by atoms with E-state index in [-0.39, 0.29) is 0 Å². The third-order valence-electron chi connectivity index (χ3n) is 4.67. The summed E-state index contributed by atoms with van der Waals surface area (Å²) in [7, 11) is 0. The van der Waals surface area contributed by atoms with Crippen molar-refractivity contribution in [3.8, 4) is 0 Å². The molecule has 1 heterocycles. The van der Waals surface area contributed by atoms with Crippen LogP contribution >= 0.6 is 0 Å². The largest absolute Gasteiger partial charge is 0.309 e. The number of hydrogen-bond donors (Lipinski definition) is 1. The molecule has 1 aliphatic heterocycles. The SMILES string of the molecule is CCCNC(CN1CCCC(C)CC1)c1ccc(C)cc1. The fourth-order valence-electron chi connectivity index (χ4n) is 3.17. The van der Waals surface area contributed by atoms with Gasteiger partial charge in [0.2, 0.25) is 0 Å². The third kappa shape index (κ3) is 5.44. The molecule has 1 N–H and O–H groups in total. The maximum atomic E-state index is 3.74. The first-order valence-corrected chi connectivity index (χ1v) is 8.71. The van der Waals surface area contributed by atoms with Gasteiger partial charge in [-0.05, 0) is 63.7 Å². The number of rotatable bonds is 6. The Morgan fingerprint density at radius 1 is 1.19 bits per heavy atom. The second-order valence-electron chi connectivity index (χ2n) is 6.75. The van der Waals surface area contributed by atoms with Crippen LogP contribution in [-0.4, -0.2) is 31.1 Å². The monoisotopic (exact) mass is 288 g/mol. The van der Waals surface area contributed by atoms with E-state index in [2.05, 4.69) is 55.3 Å². The van der Waals surface area contributed by atoms with E-state index in [9.17, 15) is 0 Å². The summed E-state index contributed by atoms with van der Waals surface area (Å²) in [6, 6.07) is 9.53. The van der Waals surface area contributed by atoms with E-state index in [1.165, 1.54) is 49.9 Å². The molecule has 1 aromatic carbocycles. The Bertz CT molecular complexity index is 399. The van der Waals surface area contributed by atoms with Gasteiger partial charge in [-0.3, -0.25) is 0 Å². The summed E-state index contributed by atoms with van der Waals surface area (Å²) in [6.07, 6.45) is 5.30. The van der Waals surface area contributed by atoms with Crippen molar-refractivity contribution in [1.82, 2.24) is 10.2 Å². The number of likely N-dealkylation sites (tertiary alicyclic amines) is 1. The van der Waals surface area contributed by atoms with E-state index in [0.29, 0.717) is 6.04 Å². The van der Waals surface area contributed by atoms with Gasteiger partial charge in [0.05, 0.1) is 0 Å². The molecular weight excluding hydrogens is 256 g/mol. The van der Waals surface area contributed by atoms with Gasteiger partial charge in [-0.2, -0.15) is 0 Å². The average molecular weight is 288 g/mol. The summed E-state index contributed by atoms with van der Waals surface area (Å²) in [6.45, 7) is 11.6. The number of aryl methyl sites for hydroxylation is 1. The lowest BCUT2D eigenvalue weighted by Crippen LogP contribution is -2.36. The van der Waals surface area contributed by atoms with Gasteiger partial charge in [0, 0.05) is 12.6 Å². The number of nitrogens with zero attached hydrogens (tertiary/aromatic N) is 1. The normalized spacial score (nSPS) is 22.0. The van der Waals surface area contributed by atoms with Gasteiger partial charge in [-0.15, -0.1) is 0 Å². The quantitative estimate of drug-likeness (QED) is 0.845. The van der Waals surface area contributed by atoms with Crippen molar-refractivity contribution < 1.29 is 0 Å². The Balaban J connectivity index is 1.99. The molecule has 2 unspecified atom stereocenters. The van der Waals surface area contributed by atoms with E-state index in [1.807, 2.05) is 0 Å². The first kappa shape index (κ1) is 16.5. The zero-order valence-corrected chi connectivity index (χ0v) is 14.1. The molecule has 0 aliphatic carbocycles. The van der Waals surface area contributed by atoms with Crippen molar-refractivity contribution >= 4 is 0 Å². The van der Waals surface area contributed by atoms with E-state index in [0.717, 1.165) is 19.0 Å². The van der Waals surface area contributed by atoms with E-state index < -0.39 is 0 Å². The molecule has 1 saturated heterocycles. The molecule has 2 nitrogen and oxygen atoms in total. The van der Waals surface area contributed by atoms with Crippen molar-refractivity contribution in [1.29, 1.82) is 0 Å². The Kier molecular flexibility index (Phi) is 6.72. The van der Waals surface area contributed by atoms with Crippen molar-refractivity contribution in [2.75, 3.05) is 26.2 Å². The van der Waals surface area contributed by atoms with Gasteiger partial charge in [0.1, 0.15) is 0 Å². The molecule has 21 heavy (non-hydrogen) atoms. The van der Waals surface area contributed by atoms with Crippen LogP contribution in [0.25, 0.3) is 0 Å². The molecule has 0 amide bonds. The summed E-state index contributed by atoms with van der Waals surface area (Å²) in [5, 5.41) is 3.74. The number of nitrogens with one attached hydrogen (secondary N) is 1. The fraction of sp³-hybridized carbons (Fsp3) is 0.684. The van der Waals surface area contributed by atoms with Crippen LogP contribution in [0.3, 0.4) is 0 Å². The fourth-order valence-corrected chi connectivity index (χ4v) is 3.17. The number of benzene rings is 1. The molecule has 0 bridgehead atoms. The van der Waals surface area contributed by atoms with Crippen molar-refractivity contribution in [3.63, 3.8) is 0 Å². The van der Waals surface area contributed by atoms with Gasteiger partial charge in [0.15, 0.2) is 0 Å². The van der Waals surface area contributed by atoms with Gasteiger partial charge in [-0.1, -0.05) is 43.7 Å². The summed E-state index contributed by atoms with van der Waals surface area (Å²) < 4.78 is 0. The zero-order chi connectivity index (χ0) is 15.1. The van der Waals surface area contributed by atoms with E-state index in [1.54, 1.807) is 0 Å². The van der Waals surface area contributed by atoms with Crippen LogP contribution in [-0.2, 0) is 0 Å². The van der Waals surface area contributed by atoms with Gasteiger partial charge >= 0.3 is 0 Å². The Hall–Kier alpha value is -0.860. The minimum Gasteiger partial charge on any atom is -0.309 e. The molecule has 1 aromatic rings. The molecular formula is C19H32N2. The van der Waals surface area contributed by atoms with Crippen LogP contribution in [0.5, 0.6) is 0 Å². The topological polar surface area (TPSA) is 15.3 Å². The van der Waals surface area contributed by atoms with Crippen molar-refractivity contribution in [2.45, 2.75) is 52.5 Å². The molecule has 118 valence electrons. The van der Waals surface area contributed by atoms with Crippen LogP contribution in [0.15, 0.2) is 24.3 Å². The molecule has 2 rings (SSSR count). The molecule has 0 radical (unpaired) electrons. The van der Waals surface area contributed by atoms with Crippen LogP contribution in [0.1, 0.15) is 56.7 Å². The Morgan fingerprint density at radius 3 is 2.67 bits per heavy atom. The second-order valence-corrected chi connectivity index (χ2v) is 6.75.